The van der Waals surface area contributed by atoms with Crippen LogP contribution in [0.25, 0.3) is 0 Å². The number of anilines is 2. The molecule has 4 N–H and O–H groups in total. The number of aliphatic hydroxyl groups is 1. The molecule has 0 aliphatic carbocycles. The van der Waals surface area contributed by atoms with E-state index in [9.17, 15) is 0 Å². The van der Waals surface area contributed by atoms with E-state index in [1.54, 1.807) is 0 Å². The van der Waals surface area contributed by atoms with Crippen molar-refractivity contribution in [2.24, 2.45) is 5.84 Å². The Labute approximate surface area is 103 Å². The van der Waals surface area contributed by atoms with Crippen molar-refractivity contribution in [3.05, 3.63) is 10.8 Å². The maximum atomic E-state index is 9.00. The third-order valence-corrected chi connectivity index (χ3v) is 2.80. The van der Waals surface area contributed by atoms with Crippen LogP contribution in [0.2, 0.25) is 0 Å². The van der Waals surface area contributed by atoms with Gasteiger partial charge in [-0.05, 0) is 22.4 Å². The molecule has 0 radical (unpaired) electrons. The van der Waals surface area contributed by atoms with Crippen LogP contribution in [0.5, 0.6) is 0 Å². The molecule has 0 aliphatic rings. The predicted octanol–water partition coefficient (Wildman–Crippen LogP) is 0.733. The van der Waals surface area contributed by atoms with Gasteiger partial charge in [0.2, 0.25) is 0 Å². The van der Waals surface area contributed by atoms with Gasteiger partial charge in [0.25, 0.3) is 0 Å². The number of nitrogen functional groups attached to an aromatic ring is 1. The smallest absolute Gasteiger partial charge is 0.159 e. The highest BCUT2D eigenvalue weighted by atomic mass is 79.9. The lowest BCUT2D eigenvalue weighted by molar-refractivity contribution is 0.301. The highest BCUT2D eigenvalue weighted by Crippen LogP contribution is 2.28. The average molecular weight is 290 g/mol. The molecular formula is C9H16BrN5O. The maximum absolute atomic E-state index is 9.00. The van der Waals surface area contributed by atoms with Gasteiger partial charge in [-0.1, -0.05) is 6.92 Å². The van der Waals surface area contributed by atoms with Crippen molar-refractivity contribution in [1.29, 1.82) is 0 Å². The number of rotatable bonds is 6. The summed E-state index contributed by atoms with van der Waals surface area (Å²) in [5, 5.41) is 9.00. The summed E-state index contributed by atoms with van der Waals surface area (Å²) in [7, 11) is 0. The molecule has 0 aliphatic heterocycles. The van der Waals surface area contributed by atoms with Crippen LogP contribution in [0.3, 0.4) is 0 Å². The zero-order valence-corrected chi connectivity index (χ0v) is 10.7. The Bertz CT molecular complexity index is 330. The van der Waals surface area contributed by atoms with E-state index in [4.69, 9.17) is 10.9 Å². The van der Waals surface area contributed by atoms with E-state index in [-0.39, 0.29) is 6.61 Å². The van der Waals surface area contributed by atoms with E-state index in [2.05, 4.69) is 38.2 Å². The average Bonchev–Trinajstić information content (AvgIpc) is 2.29. The molecule has 0 bridgehead atoms. The molecule has 1 heterocycles. The molecule has 0 aromatic carbocycles. The number of hydrazine groups is 1. The Morgan fingerprint density at radius 2 is 2.25 bits per heavy atom. The fourth-order valence-corrected chi connectivity index (χ4v) is 1.97. The molecule has 0 fully saturated rings. The summed E-state index contributed by atoms with van der Waals surface area (Å²) in [6, 6.07) is 0. The number of nitrogens with zero attached hydrogens (tertiary/aromatic N) is 3. The van der Waals surface area contributed by atoms with Crippen molar-refractivity contribution in [2.45, 2.75) is 13.3 Å². The van der Waals surface area contributed by atoms with E-state index < -0.39 is 0 Å². The summed E-state index contributed by atoms with van der Waals surface area (Å²) in [6.45, 7) is 3.51. The molecular weight excluding hydrogens is 274 g/mol. The fraction of sp³-hybridized carbons (Fsp3) is 0.556. The SMILES string of the molecule is CCCN(CCO)c1ncnc(NN)c1Br. The van der Waals surface area contributed by atoms with Gasteiger partial charge in [0.05, 0.1) is 6.61 Å². The number of nitrogens with one attached hydrogen (secondary N) is 1. The van der Waals surface area contributed by atoms with Gasteiger partial charge in [0, 0.05) is 13.1 Å². The molecule has 1 aromatic heterocycles. The lowest BCUT2D eigenvalue weighted by Crippen LogP contribution is -2.29. The van der Waals surface area contributed by atoms with Gasteiger partial charge in [-0.2, -0.15) is 0 Å². The molecule has 1 aromatic rings. The summed E-state index contributed by atoms with van der Waals surface area (Å²) in [5.74, 6) is 6.60. The quantitative estimate of drug-likeness (QED) is 0.529. The second-order valence-electron chi connectivity index (χ2n) is 3.21. The summed E-state index contributed by atoms with van der Waals surface area (Å²) < 4.78 is 0.708. The minimum Gasteiger partial charge on any atom is -0.395 e. The van der Waals surface area contributed by atoms with Gasteiger partial charge in [0.1, 0.15) is 16.6 Å². The molecule has 7 heteroatoms. The first-order valence-electron chi connectivity index (χ1n) is 5.07. The van der Waals surface area contributed by atoms with Crippen molar-refractivity contribution >= 4 is 27.6 Å². The number of aromatic nitrogens is 2. The van der Waals surface area contributed by atoms with Gasteiger partial charge < -0.3 is 15.4 Å². The van der Waals surface area contributed by atoms with Crippen molar-refractivity contribution in [3.63, 3.8) is 0 Å². The van der Waals surface area contributed by atoms with Crippen LogP contribution in [0.4, 0.5) is 11.6 Å². The number of hydrogen-bond acceptors (Lipinski definition) is 6. The highest BCUT2D eigenvalue weighted by Gasteiger charge is 2.13. The molecule has 1 rings (SSSR count). The monoisotopic (exact) mass is 289 g/mol. The molecule has 0 saturated heterocycles. The minimum absolute atomic E-state index is 0.0851. The van der Waals surface area contributed by atoms with Crippen LogP contribution in [0.1, 0.15) is 13.3 Å². The molecule has 0 saturated carbocycles. The minimum atomic E-state index is 0.0851. The molecule has 90 valence electrons. The standard InChI is InChI=1S/C9H16BrN5O/c1-2-3-15(4-5-16)9-7(10)8(14-11)12-6-13-9/h6,16H,2-5,11H2,1H3,(H,12,13,14). The normalized spacial score (nSPS) is 10.2. The number of nitrogens with two attached hydrogens (primary N) is 1. The topological polar surface area (TPSA) is 87.3 Å². The van der Waals surface area contributed by atoms with Crippen molar-refractivity contribution < 1.29 is 5.11 Å². The highest BCUT2D eigenvalue weighted by molar-refractivity contribution is 9.10. The predicted molar refractivity (Wildman–Crippen MR) is 67.1 cm³/mol. The summed E-state index contributed by atoms with van der Waals surface area (Å²) in [5.41, 5.74) is 2.49. The van der Waals surface area contributed by atoms with Gasteiger partial charge in [-0.25, -0.2) is 15.8 Å². The third kappa shape index (κ3) is 3.03. The summed E-state index contributed by atoms with van der Waals surface area (Å²) in [4.78, 5) is 10.1. The van der Waals surface area contributed by atoms with E-state index in [1.165, 1.54) is 6.33 Å². The first-order chi connectivity index (χ1) is 7.74. The Kier molecular flexibility index (Phi) is 5.44. The Balaban J connectivity index is 2.98. The Morgan fingerprint density at radius 1 is 1.50 bits per heavy atom. The lowest BCUT2D eigenvalue weighted by atomic mass is 10.4. The van der Waals surface area contributed by atoms with Gasteiger partial charge in [-0.3, -0.25) is 0 Å². The maximum Gasteiger partial charge on any atom is 0.159 e. The van der Waals surface area contributed by atoms with Crippen molar-refractivity contribution in [1.82, 2.24) is 9.97 Å². The van der Waals surface area contributed by atoms with Crippen molar-refractivity contribution in [3.8, 4) is 0 Å². The molecule has 0 unspecified atom stereocenters. The van der Waals surface area contributed by atoms with Gasteiger partial charge in [-0.15, -0.1) is 0 Å². The van der Waals surface area contributed by atoms with E-state index in [1.807, 2.05) is 4.90 Å². The molecule has 0 amide bonds. The van der Waals surface area contributed by atoms with Crippen LogP contribution in [0, 0.1) is 0 Å². The zero-order chi connectivity index (χ0) is 12.0. The summed E-state index contributed by atoms with van der Waals surface area (Å²) >= 11 is 3.39. The zero-order valence-electron chi connectivity index (χ0n) is 9.15. The molecule has 6 nitrogen and oxygen atoms in total. The van der Waals surface area contributed by atoms with E-state index >= 15 is 0 Å². The van der Waals surface area contributed by atoms with Gasteiger partial charge >= 0.3 is 0 Å². The lowest BCUT2D eigenvalue weighted by Gasteiger charge is -2.23. The van der Waals surface area contributed by atoms with E-state index in [0.717, 1.165) is 18.8 Å². The van der Waals surface area contributed by atoms with Crippen LogP contribution < -0.4 is 16.2 Å². The van der Waals surface area contributed by atoms with Crippen LogP contribution in [-0.2, 0) is 0 Å². The third-order valence-electron chi connectivity index (χ3n) is 2.07. The fourth-order valence-electron chi connectivity index (χ4n) is 1.40. The van der Waals surface area contributed by atoms with Crippen molar-refractivity contribution in [2.75, 3.05) is 30.0 Å². The second-order valence-corrected chi connectivity index (χ2v) is 4.01. The van der Waals surface area contributed by atoms with E-state index in [0.29, 0.717) is 16.8 Å². The first kappa shape index (κ1) is 13.1. The second kappa shape index (κ2) is 6.62. The number of hydrogen-bond donors (Lipinski definition) is 3. The number of aliphatic hydroxyl groups excluding tert-OH is 1. The molecule has 16 heavy (non-hydrogen) atoms. The largest absolute Gasteiger partial charge is 0.395 e. The van der Waals surface area contributed by atoms with Crippen LogP contribution in [-0.4, -0.2) is 34.8 Å². The molecule has 0 spiro atoms. The van der Waals surface area contributed by atoms with Crippen LogP contribution >= 0.6 is 15.9 Å². The van der Waals surface area contributed by atoms with Gasteiger partial charge in [0.15, 0.2) is 5.82 Å². The Morgan fingerprint density at radius 3 is 2.81 bits per heavy atom. The van der Waals surface area contributed by atoms with Crippen LogP contribution in [0.15, 0.2) is 10.8 Å². The Hall–Kier alpha value is -0.920. The molecule has 0 atom stereocenters. The number of halogens is 1. The summed E-state index contributed by atoms with van der Waals surface area (Å²) in [6.07, 6.45) is 2.41. The first-order valence-corrected chi connectivity index (χ1v) is 5.86.